The Bertz CT molecular complexity index is 689. The summed E-state index contributed by atoms with van der Waals surface area (Å²) in [5.41, 5.74) is -1.41. The van der Waals surface area contributed by atoms with Gasteiger partial charge in [-0.1, -0.05) is 6.08 Å². The number of ether oxygens (including phenoxy) is 1. The Balaban J connectivity index is 2.49. The molecule has 7 nitrogen and oxygen atoms in total. The van der Waals surface area contributed by atoms with Gasteiger partial charge in [0, 0.05) is 18.8 Å². The van der Waals surface area contributed by atoms with E-state index in [4.69, 9.17) is 4.74 Å². The highest BCUT2D eigenvalue weighted by molar-refractivity contribution is 5.38. The fourth-order valence-electron chi connectivity index (χ4n) is 1.90. The first kappa shape index (κ1) is 13.8. The standard InChI is InChI=1S/C12H12FN3O4/c1-15-4-2-3-8(5-15)11(20-7-17)16-6-9(13)10(18)14-12(16)19/h2,4-7,11H,3H2,1H3,(H,14,18,19). The van der Waals surface area contributed by atoms with E-state index in [0.717, 1.165) is 4.57 Å². The molecule has 0 bridgehead atoms. The Morgan fingerprint density at radius 2 is 2.25 bits per heavy atom. The van der Waals surface area contributed by atoms with Crippen molar-refractivity contribution in [2.45, 2.75) is 12.6 Å². The molecule has 8 heteroatoms. The number of nitrogens with zero attached hydrogens (tertiary/aromatic N) is 2. The van der Waals surface area contributed by atoms with Gasteiger partial charge < -0.3 is 9.64 Å². The zero-order valence-corrected chi connectivity index (χ0v) is 10.6. The summed E-state index contributed by atoms with van der Waals surface area (Å²) >= 11 is 0. The normalized spacial score (nSPS) is 15.7. The highest BCUT2D eigenvalue weighted by Crippen LogP contribution is 2.23. The molecule has 106 valence electrons. The van der Waals surface area contributed by atoms with E-state index in [2.05, 4.69) is 0 Å². The van der Waals surface area contributed by atoms with Crippen molar-refractivity contribution in [3.8, 4) is 0 Å². The predicted molar refractivity (Wildman–Crippen MR) is 67.1 cm³/mol. The summed E-state index contributed by atoms with van der Waals surface area (Å²) in [7, 11) is 1.75. The lowest BCUT2D eigenvalue weighted by Crippen LogP contribution is -2.35. The molecule has 0 fully saturated rings. The van der Waals surface area contributed by atoms with Crippen LogP contribution in [0.25, 0.3) is 0 Å². The van der Waals surface area contributed by atoms with Gasteiger partial charge >= 0.3 is 5.69 Å². The number of hydrogen-bond acceptors (Lipinski definition) is 5. The minimum atomic E-state index is -1.13. The van der Waals surface area contributed by atoms with Crippen molar-refractivity contribution < 1.29 is 13.9 Å². The van der Waals surface area contributed by atoms with Gasteiger partial charge in [0.15, 0.2) is 0 Å². The summed E-state index contributed by atoms with van der Waals surface area (Å²) < 4.78 is 19.0. The fraction of sp³-hybridized carbons (Fsp3) is 0.250. The molecule has 1 aliphatic rings. The summed E-state index contributed by atoms with van der Waals surface area (Å²) in [5.74, 6) is -1.13. The molecule has 1 aromatic heterocycles. The van der Waals surface area contributed by atoms with Crippen LogP contribution < -0.4 is 11.2 Å². The van der Waals surface area contributed by atoms with E-state index in [9.17, 15) is 18.8 Å². The summed E-state index contributed by atoms with van der Waals surface area (Å²) in [4.78, 5) is 36.9. The van der Waals surface area contributed by atoms with Crippen LogP contribution >= 0.6 is 0 Å². The van der Waals surface area contributed by atoms with E-state index in [0.29, 0.717) is 18.2 Å². The van der Waals surface area contributed by atoms with Crippen LogP contribution in [0.3, 0.4) is 0 Å². The third-order valence-corrected chi connectivity index (χ3v) is 2.74. The predicted octanol–water partition coefficient (Wildman–Crippen LogP) is 0.0804. The zero-order valence-electron chi connectivity index (χ0n) is 10.6. The largest absolute Gasteiger partial charge is 0.439 e. The molecule has 20 heavy (non-hydrogen) atoms. The lowest BCUT2D eigenvalue weighted by atomic mass is 10.1. The summed E-state index contributed by atoms with van der Waals surface area (Å²) in [5, 5.41) is 0. The van der Waals surface area contributed by atoms with Crippen molar-refractivity contribution in [2.24, 2.45) is 0 Å². The molecular weight excluding hydrogens is 269 g/mol. The van der Waals surface area contributed by atoms with Gasteiger partial charge in [-0.2, -0.15) is 4.39 Å². The third-order valence-electron chi connectivity index (χ3n) is 2.74. The number of rotatable bonds is 4. The number of hydrogen-bond donors (Lipinski definition) is 1. The van der Waals surface area contributed by atoms with Crippen LogP contribution in [0.15, 0.2) is 39.8 Å². The average Bonchev–Trinajstić information content (AvgIpc) is 2.40. The highest BCUT2D eigenvalue weighted by atomic mass is 19.1. The maximum atomic E-state index is 13.3. The molecule has 0 amide bonds. The molecule has 0 saturated carbocycles. The molecule has 0 radical (unpaired) electrons. The second-order valence-electron chi connectivity index (χ2n) is 4.19. The van der Waals surface area contributed by atoms with Gasteiger partial charge in [0.1, 0.15) is 0 Å². The lowest BCUT2D eigenvalue weighted by molar-refractivity contribution is -0.135. The topological polar surface area (TPSA) is 84.4 Å². The van der Waals surface area contributed by atoms with Crippen LogP contribution in [0, 0.1) is 5.82 Å². The Labute approximate surface area is 112 Å². The van der Waals surface area contributed by atoms with Crippen LogP contribution in [-0.2, 0) is 9.53 Å². The molecule has 1 N–H and O–H groups in total. The van der Waals surface area contributed by atoms with E-state index < -0.39 is 23.3 Å². The number of allylic oxidation sites excluding steroid dienone is 1. The second kappa shape index (κ2) is 5.55. The van der Waals surface area contributed by atoms with Crippen LogP contribution in [0.1, 0.15) is 12.6 Å². The quantitative estimate of drug-likeness (QED) is 0.790. The number of H-pyrrole nitrogens is 1. The Kier molecular flexibility index (Phi) is 3.83. The van der Waals surface area contributed by atoms with Crippen LogP contribution in [0.5, 0.6) is 0 Å². The first-order chi connectivity index (χ1) is 9.52. The maximum Gasteiger partial charge on any atom is 0.331 e. The molecule has 2 rings (SSSR count). The minimum absolute atomic E-state index is 0.166. The van der Waals surface area contributed by atoms with E-state index >= 15 is 0 Å². The maximum absolute atomic E-state index is 13.3. The van der Waals surface area contributed by atoms with Crippen molar-refractivity contribution in [3.63, 3.8) is 0 Å². The number of aromatic nitrogens is 2. The number of nitrogens with one attached hydrogen (secondary N) is 1. The fourth-order valence-corrected chi connectivity index (χ4v) is 1.90. The third kappa shape index (κ3) is 2.68. The van der Waals surface area contributed by atoms with E-state index in [1.807, 2.05) is 4.98 Å². The van der Waals surface area contributed by atoms with E-state index in [1.165, 1.54) is 0 Å². The monoisotopic (exact) mass is 281 g/mol. The van der Waals surface area contributed by atoms with Gasteiger partial charge in [-0.15, -0.1) is 0 Å². The molecule has 2 heterocycles. The van der Waals surface area contributed by atoms with E-state index in [-0.39, 0.29) is 6.47 Å². The first-order valence-corrected chi connectivity index (χ1v) is 5.72. The van der Waals surface area contributed by atoms with Crippen LogP contribution in [-0.4, -0.2) is 28.0 Å². The first-order valence-electron chi connectivity index (χ1n) is 5.72. The number of aromatic amines is 1. The Morgan fingerprint density at radius 3 is 2.90 bits per heavy atom. The smallest absolute Gasteiger partial charge is 0.331 e. The van der Waals surface area contributed by atoms with Crippen molar-refractivity contribution in [2.75, 3.05) is 7.05 Å². The van der Waals surface area contributed by atoms with Gasteiger partial charge in [-0.05, 0) is 12.6 Å². The van der Waals surface area contributed by atoms with Crippen LogP contribution in [0.2, 0.25) is 0 Å². The van der Waals surface area contributed by atoms with Crippen molar-refractivity contribution >= 4 is 6.47 Å². The lowest BCUT2D eigenvalue weighted by Gasteiger charge is -2.24. The van der Waals surface area contributed by atoms with Crippen LogP contribution in [0.4, 0.5) is 4.39 Å². The second-order valence-corrected chi connectivity index (χ2v) is 4.19. The SMILES string of the molecule is CN1C=CCC(C(OC=O)n2cc(F)c(=O)[nH]c2=O)=C1. The number of halogens is 1. The van der Waals surface area contributed by atoms with E-state index in [1.54, 1.807) is 30.4 Å². The number of carbonyl (C=O) groups excluding carboxylic acids is 1. The van der Waals surface area contributed by atoms with Gasteiger partial charge in [-0.25, -0.2) is 4.79 Å². The van der Waals surface area contributed by atoms with Crippen molar-refractivity contribution in [3.05, 3.63) is 56.9 Å². The summed E-state index contributed by atoms with van der Waals surface area (Å²) in [6.07, 6.45) is 5.27. The van der Waals surface area contributed by atoms with Gasteiger partial charge in [0.05, 0.1) is 6.20 Å². The molecule has 0 aliphatic carbocycles. The minimum Gasteiger partial charge on any atom is -0.439 e. The highest BCUT2D eigenvalue weighted by Gasteiger charge is 2.21. The Morgan fingerprint density at radius 1 is 1.50 bits per heavy atom. The zero-order chi connectivity index (χ0) is 14.7. The van der Waals surface area contributed by atoms with Gasteiger partial charge in [-0.3, -0.25) is 19.1 Å². The molecule has 0 aromatic carbocycles. The number of carbonyl (C=O) groups is 1. The van der Waals surface area contributed by atoms with Crippen molar-refractivity contribution in [1.82, 2.24) is 14.5 Å². The van der Waals surface area contributed by atoms with Gasteiger partial charge in [0.2, 0.25) is 12.0 Å². The van der Waals surface area contributed by atoms with Crippen molar-refractivity contribution in [1.29, 1.82) is 0 Å². The molecule has 1 unspecified atom stereocenters. The molecule has 1 atom stereocenters. The Hall–Kier alpha value is -2.64. The molecule has 0 saturated heterocycles. The molecular formula is C12H12FN3O4. The molecule has 1 aromatic rings. The van der Waals surface area contributed by atoms with Gasteiger partial charge in [0.25, 0.3) is 12.0 Å². The molecule has 0 spiro atoms. The average molecular weight is 281 g/mol. The summed E-state index contributed by atoms with van der Waals surface area (Å²) in [6, 6.07) is 0. The molecule has 1 aliphatic heterocycles. The summed E-state index contributed by atoms with van der Waals surface area (Å²) in [6.45, 7) is 0.166.